The first kappa shape index (κ1) is 10.9. The van der Waals surface area contributed by atoms with E-state index in [1.54, 1.807) is 0 Å². The van der Waals surface area contributed by atoms with Crippen LogP contribution < -0.4 is 0 Å². The van der Waals surface area contributed by atoms with Crippen LogP contribution in [0.2, 0.25) is 0 Å². The summed E-state index contributed by atoms with van der Waals surface area (Å²) in [5.41, 5.74) is 0. The molecule has 0 spiro atoms. The van der Waals surface area contributed by atoms with Gasteiger partial charge in [0, 0.05) is 6.04 Å². The molecule has 2 atom stereocenters. The van der Waals surface area contributed by atoms with Gasteiger partial charge in [-0.3, -0.25) is 4.79 Å². The molecule has 0 aliphatic carbocycles. The molecule has 4 heteroatoms. The molecular formula is C9H17NO2S. The fourth-order valence-electron chi connectivity index (χ4n) is 1.88. The van der Waals surface area contributed by atoms with Crippen LogP contribution in [0.15, 0.2) is 0 Å². The molecule has 1 aliphatic heterocycles. The zero-order valence-corrected chi connectivity index (χ0v) is 9.01. The second-order valence-electron chi connectivity index (χ2n) is 3.75. The number of nitrogens with zero attached hydrogens (tertiary/aromatic N) is 1. The molecule has 0 amide bonds. The summed E-state index contributed by atoms with van der Waals surface area (Å²) in [6, 6.07) is 0.456. The Morgan fingerprint density at radius 2 is 2.31 bits per heavy atom. The molecule has 0 aromatic rings. The van der Waals surface area contributed by atoms with Gasteiger partial charge in [-0.25, -0.2) is 0 Å². The summed E-state index contributed by atoms with van der Waals surface area (Å²) in [5, 5.41) is 8.74. The van der Waals surface area contributed by atoms with E-state index in [1.165, 1.54) is 5.75 Å². The lowest BCUT2D eigenvalue weighted by Crippen LogP contribution is -2.40. The van der Waals surface area contributed by atoms with Gasteiger partial charge in [-0.1, -0.05) is 0 Å². The van der Waals surface area contributed by atoms with Gasteiger partial charge in [0.25, 0.3) is 0 Å². The highest BCUT2D eigenvalue weighted by atomic mass is 32.2. The molecule has 0 saturated carbocycles. The molecule has 0 aromatic carbocycles. The maximum Gasteiger partial charge on any atom is 0.303 e. The third-order valence-corrected chi connectivity index (χ3v) is 3.72. The molecule has 1 heterocycles. The Balaban J connectivity index is 2.51. The molecule has 1 saturated heterocycles. The SMILES string of the molecule is CN(C)C1CCSCC1CC(=O)O. The first-order valence-electron chi connectivity index (χ1n) is 4.57. The van der Waals surface area contributed by atoms with Gasteiger partial charge in [-0.15, -0.1) is 0 Å². The maximum atomic E-state index is 10.6. The Bertz CT molecular complexity index is 184. The van der Waals surface area contributed by atoms with Crippen molar-refractivity contribution >= 4 is 17.7 Å². The molecule has 1 rings (SSSR count). The summed E-state index contributed by atoms with van der Waals surface area (Å²) in [6.07, 6.45) is 1.44. The van der Waals surface area contributed by atoms with Crippen LogP contribution in [0.25, 0.3) is 0 Å². The largest absolute Gasteiger partial charge is 0.481 e. The quantitative estimate of drug-likeness (QED) is 0.747. The van der Waals surface area contributed by atoms with Crippen LogP contribution in [0.3, 0.4) is 0 Å². The van der Waals surface area contributed by atoms with Gasteiger partial charge in [-0.2, -0.15) is 11.8 Å². The topological polar surface area (TPSA) is 40.5 Å². The van der Waals surface area contributed by atoms with Gasteiger partial charge in [0.05, 0.1) is 6.42 Å². The van der Waals surface area contributed by atoms with Crippen LogP contribution in [-0.4, -0.2) is 47.6 Å². The number of hydrogen-bond donors (Lipinski definition) is 1. The van der Waals surface area contributed by atoms with Crippen LogP contribution in [0.4, 0.5) is 0 Å². The summed E-state index contributed by atoms with van der Waals surface area (Å²) >= 11 is 1.88. The molecule has 1 aliphatic rings. The number of carbonyl (C=O) groups is 1. The minimum absolute atomic E-state index is 0.315. The lowest BCUT2D eigenvalue weighted by molar-refractivity contribution is -0.138. The highest BCUT2D eigenvalue weighted by Crippen LogP contribution is 2.28. The molecule has 2 unspecified atom stereocenters. The van der Waals surface area contributed by atoms with E-state index in [1.807, 2.05) is 25.9 Å². The number of rotatable bonds is 3. The number of hydrogen-bond acceptors (Lipinski definition) is 3. The van der Waals surface area contributed by atoms with E-state index < -0.39 is 5.97 Å². The van der Waals surface area contributed by atoms with Crippen molar-refractivity contribution in [1.82, 2.24) is 4.90 Å². The van der Waals surface area contributed by atoms with Gasteiger partial charge in [0.2, 0.25) is 0 Å². The third-order valence-electron chi connectivity index (χ3n) is 2.53. The van der Waals surface area contributed by atoms with Crippen LogP contribution in [-0.2, 0) is 4.79 Å². The summed E-state index contributed by atoms with van der Waals surface area (Å²) in [7, 11) is 4.07. The Kier molecular flexibility index (Phi) is 4.06. The van der Waals surface area contributed by atoms with E-state index in [2.05, 4.69) is 4.90 Å². The van der Waals surface area contributed by atoms with Crippen LogP contribution in [0.1, 0.15) is 12.8 Å². The standard InChI is InChI=1S/C9H17NO2S/c1-10(2)8-3-4-13-6-7(8)5-9(11)12/h7-8H,3-6H2,1-2H3,(H,11,12). The van der Waals surface area contributed by atoms with Crippen molar-refractivity contribution in [3.63, 3.8) is 0 Å². The average molecular weight is 203 g/mol. The lowest BCUT2D eigenvalue weighted by Gasteiger charge is -2.35. The molecule has 76 valence electrons. The Morgan fingerprint density at radius 1 is 1.62 bits per heavy atom. The summed E-state index contributed by atoms with van der Waals surface area (Å²) < 4.78 is 0. The smallest absolute Gasteiger partial charge is 0.303 e. The van der Waals surface area contributed by atoms with Gasteiger partial charge in [0.15, 0.2) is 0 Å². The van der Waals surface area contributed by atoms with Crippen LogP contribution in [0, 0.1) is 5.92 Å². The molecular weight excluding hydrogens is 186 g/mol. The van der Waals surface area contributed by atoms with Crippen molar-refractivity contribution in [3.05, 3.63) is 0 Å². The van der Waals surface area contributed by atoms with Crippen molar-refractivity contribution in [2.45, 2.75) is 18.9 Å². The minimum Gasteiger partial charge on any atom is -0.481 e. The number of carboxylic acids is 1. The number of aliphatic carboxylic acids is 1. The molecule has 13 heavy (non-hydrogen) atoms. The normalized spacial score (nSPS) is 29.2. The number of carboxylic acid groups (broad SMARTS) is 1. The van der Waals surface area contributed by atoms with E-state index >= 15 is 0 Å². The van der Waals surface area contributed by atoms with Crippen molar-refractivity contribution in [1.29, 1.82) is 0 Å². The van der Waals surface area contributed by atoms with E-state index in [0.717, 1.165) is 12.2 Å². The first-order valence-corrected chi connectivity index (χ1v) is 5.72. The average Bonchev–Trinajstić information content (AvgIpc) is 2.03. The van der Waals surface area contributed by atoms with Gasteiger partial charge in [0.1, 0.15) is 0 Å². The molecule has 0 aromatic heterocycles. The summed E-state index contributed by atoms with van der Waals surface area (Å²) in [4.78, 5) is 12.8. The monoisotopic (exact) mass is 203 g/mol. The third kappa shape index (κ3) is 3.19. The van der Waals surface area contributed by atoms with E-state index in [9.17, 15) is 4.79 Å². The van der Waals surface area contributed by atoms with Crippen LogP contribution >= 0.6 is 11.8 Å². The summed E-state index contributed by atoms with van der Waals surface area (Å²) in [5.74, 6) is 1.82. The minimum atomic E-state index is -0.667. The fourth-order valence-corrected chi connectivity index (χ4v) is 3.10. The Labute approximate surface area is 83.5 Å². The fraction of sp³-hybridized carbons (Fsp3) is 0.889. The van der Waals surface area contributed by atoms with E-state index in [4.69, 9.17) is 5.11 Å². The first-order chi connectivity index (χ1) is 6.11. The van der Waals surface area contributed by atoms with E-state index in [0.29, 0.717) is 18.4 Å². The van der Waals surface area contributed by atoms with Crippen LogP contribution in [0.5, 0.6) is 0 Å². The lowest BCUT2D eigenvalue weighted by atomic mass is 9.94. The van der Waals surface area contributed by atoms with Crippen molar-refractivity contribution in [2.24, 2.45) is 5.92 Å². The van der Waals surface area contributed by atoms with Gasteiger partial charge < -0.3 is 10.0 Å². The molecule has 1 N–H and O–H groups in total. The Morgan fingerprint density at radius 3 is 2.85 bits per heavy atom. The van der Waals surface area contributed by atoms with Crippen molar-refractivity contribution in [2.75, 3.05) is 25.6 Å². The van der Waals surface area contributed by atoms with Crippen molar-refractivity contribution in [3.8, 4) is 0 Å². The zero-order valence-electron chi connectivity index (χ0n) is 8.19. The van der Waals surface area contributed by atoms with Crippen molar-refractivity contribution < 1.29 is 9.90 Å². The number of thioether (sulfide) groups is 1. The maximum absolute atomic E-state index is 10.6. The highest BCUT2D eigenvalue weighted by molar-refractivity contribution is 7.99. The van der Waals surface area contributed by atoms with E-state index in [-0.39, 0.29) is 0 Å². The zero-order chi connectivity index (χ0) is 9.84. The molecule has 0 bridgehead atoms. The predicted molar refractivity (Wildman–Crippen MR) is 55.2 cm³/mol. The molecule has 3 nitrogen and oxygen atoms in total. The Hall–Kier alpha value is -0.220. The molecule has 1 fully saturated rings. The van der Waals surface area contributed by atoms with Gasteiger partial charge >= 0.3 is 5.97 Å². The second-order valence-corrected chi connectivity index (χ2v) is 4.90. The van der Waals surface area contributed by atoms with Gasteiger partial charge in [-0.05, 0) is 37.9 Å². The highest BCUT2D eigenvalue weighted by Gasteiger charge is 2.28. The summed E-state index contributed by atoms with van der Waals surface area (Å²) in [6.45, 7) is 0. The molecule has 0 radical (unpaired) electrons. The second kappa shape index (κ2) is 4.86. The predicted octanol–water partition coefficient (Wildman–Crippen LogP) is 1.14.